The molecule has 9 nitrogen and oxygen atoms in total. The Hall–Kier alpha value is -3.83. The van der Waals surface area contributed by atoms with Gasteiger partial charge in [0.05, 0.1) is 9.83 Å². The molecule has 0 saturated carbocycles. The van der Waals surface area contributed by atoms with E-state index in [1.807, 2.05) is 36.4 Å². The van der Waals surface area contributed by atoms with Gasteiger partial charge < -0.3 is 0 Å². The first-order valence-corrected chi connectivity index (χ1v) is 11.4. The molecule has 11 heteroatoms. The van der Waals surface area contributed by atoms with Crippen molar-refractivity contribution in [3.63, 3.8) is 0 Å². The molecule has 0 atom stereocenters. The van der Waals surface area contributed by atoms with Crippen LogP contribution in [0.25, 0.3) is 6.08 Å². The number of nitrogens with zero attached hydrogens (tertiary/aromatic N) is 2. The predicted molar refractivity (Wildman–Crippen MR) is 133 cm³/mol. The minimum atomic E-state index is -0.603. The summed E-state index contributed by atoms with van der Waals surface area (Å²) in [6, 6.07) is 14.7. The number of allylic oxidation sites excluding steroid dienone is 2. The molecule has 0 radical (unpaired) electrons. The van der Waals surface area contributed by atoms with Gasteiger partial charge in [-0.05, 0) is 30.2 Å². The largest absolute Gasteiger partial charge is 0.293 e. The van der Waals surface area contributed by atoms with Crippen LogP contribution in [0.4, 0.5) is 5.69 Å². The van der Waals surface area contributed by atoms with E-state index in [2.05, 4.69) is 10.9 Å². The summed E-state index contributed by atoms with van der Waals surface area (Å²) in [6.45, 7) is 0.272. The van der Waals surface area contributed by atoms with Gasteiger partial charge in [-0.2, -0.15) is 0 Å². The van der Waals surface area contributed by atoms with Crippen molar-refractivity contribution in [2.45, 2.75) is 12.8 Å². The molecule has 1 fully saturated rings. The van der Waals surface area contributed by atoms with Gasteiger partial charge in [0, 0.05) is 30.7 Å². The highest BCUT2D eigenvalue weighted by atomic mass is 32.2. The van der Waals surface area contributed by atoms with Gasteiger partial charge >= 0.3 is 0 Å². The zero-order valence-corrected chi connectivity index (χ0v) is 19.4. The van der Waals surface area contributed by atoms with E-state index < -0.39 is 16.7 Å². The van der Waals surface area contributed by atoms with Crippen molar-refractivity contribution in [2.75, 3.05) is 6.54 Å². The summed E-state index contributed by atoms with van der Waals surface area (Å²) in [5.74, 6) is -1.25. The van der Waals surface area contributed by atoms with Gasteiger partial charge in [0.2, 0.25) is 5.91 Å². The number of thioether (sulfide) groups is 1. The predicted octanol–water partition coefficient (Wildman–Crippen LogP) is 3.59. The highest BCUT2D eigenvalue weighted by Gasteiger charge is 2.31. The Morgan fingerprint density at radius 1 is 1.09 bits per heavy atom. The van der Waals surface area contributed by atoms with Crippen LogP contribution in [0.2, 0.25) is 0 Å². The molecule has 0 bridgehead atoms. The number of nitrogens with one attached hydrogen (secondary N) is 2. The molecule has 1 aliphatic rings. The number of hydrazine groups is 1. The van der Waals surface area contributed by atoms with Crippen LogP contribution >= 0.6 is 24.0 Å². The van der Waals surface area contributed by atoms with Gasteiger partial charge in [0.1, 0.15) is 4.32 Å². The Bertz CT molecular complexity index is 1160. The number of nitro benzene ring substituents is 1. The van der Waals surface area contributed by atoms with Gasteiger partial charge in [-0.3, -0.25) is 40.2 Å². The van der Waals surface area contributed by atoms with Crippen LogP contribution < -0.4 is 10.9 Å². The summed E-state index contributed by atoms with van der Waals surface area (Å²) in [7, 11) is 0. The number of carbonyl (C=O) groups excluding carboxylic acids is 3. The highest BCUT2D eigenvalue weighted by molar-refractivity contribution is 8.26. The fourth-order valence-electron chi connectivity index (χ4n) is 2.91. The van der Waals surface area contributed by atoms with Crippen LogP contribution in [0, 0.1) is 10.1 Å². The van der Waals surface area contributed by atoms with Crippen molar-refractivity contribution in [1.82, 2.24) is 15.8 Å². The van der Waals surface area contributed by atoms with Crippen LogP contribution in [0.1, 0.15) is 28.8 Å². The second-order valence-electron chi connectivity index (χ2n) is 7.04. The third-order valence-corrected chi connectivity index (χ3v) is 6.05. The fourth-order valence-corrected chi connectivity index (χ4v) is 4.17. The lowest BCUT2D eigenvalue weighted by Crippen LogP contribution is -2.41. The molecule has 34 heavy (non-hydrogen) atoms. The first kappa shape index (κ1) is 24.8. The van der Waals surface area contributed by atoms with Crippen LogP contribution in [0.5, 0.6) is 0 Å². The molecule has 174 valence electrons. The Morgan fingerprint density at radius 2 is 1.79 bits per heavy atom. The Balaban J connectivity index is 1.42. The topological polar surface area (TPSA) is 122 Å². The van der Waals surface area contributed by atoms with E-state index in [0.29, 0.717) is 15.6 Å². The van der Waals surface area contributed by atoms with Gasteiger partial charge in [0.15, 0.2) is 0 Å². The maximum atomic E-state index is 12.6. The van der Waals surface area contributed by atoms with Crippen molar-refractivity contribution >= 4 is 57.8 Å². The third-order valence-electron chi connectivity index (χ3n) is 4.65. The number of rotatable bonds is 8. The van der Waals surface area contributed by atoms with Crippen molar-refractivity contribution < 1.29 is 19.3 Å². The number of carbonyl (C=O) groups is 3. The first-order valence-electron chi connectivity index (χ1n) is 10.2. The molecular weight excluding hydrogens is 476 g/mol. The Kier molecular flexibility index (Phi) is 8.66. The van der Waals surface area contributed by atoms with Crippen molar-refractivity contribution in [3.8, 4) is 0 Å². The maximum Gasteiger partial charge on any atom is 0.269 e. The minimum absolute atomic E-state index is 0.0601. The summed E-state index contributed by atoms with van der Waals surface area (Å²) in [5.41, 5.74) is 5.57. The second kappa shape index (κ2) is 11.9. The Labute approximate surface area is 205 Å². The van der Waals surface area contributed by atoms with Gasteiger partial charge in [0.25, 0.3) is 17.5 Å². The van der Waals surface area contributed by atoms with Gasteiger partial charge in [-0.25, -0.2) is 0 Å². The van der Waals surface area contributed by atoms with E-state index in [-0.39, 0.29) is 30.1 Å². The van der Waals surface area contributed by atoms with Crippen molar-refractivity contribution in [2.24, 2.45) is 0 Å². The fraction of sp³-hybridized carbons (Fsp3) is 0.130. The number of non-ortho nitro benzene ring substituents is 1. The van der Waals surface area contributed by atoms with E-state index in [9.17, 15) is 24.5 Å². The maximum absolute atomic E-state index is 12.6. The molecule has 2 aromatic carbocycles. The second-order valence-corrected chi connectivity index (χ2v) is 8.71. The van der Waals surface area contributed by atoms with Crippen molar-refractivity contribution in [3.05, 3.63) is 92.9 Å². The van der Waals surface area contributed by atoms with Gasteiger partial charge in [-0.1, -0.05) is 66.5 Å². The number of nitro groups is 1. The van der Waals surface area contributed by atoms with Gasteiger partial charge in [-0.15, -0.1) is 0 Å². The third kappa shape index (κ3) is 6.83. The average Bonchev–Trinajstić information content (AvgIpc) is 3.10. The van der Waals surface area contributed by atoms with E-state index in [1.54, 1.807) is 12.2 Å². The zero-order valence-electron chi connectivity index (χ0n) is 17.8. The van der Waals surface area contributed by atoms with E-state index in [4.69, 9.17) is 12.2 Å². The number of thiocarbonyl (C=S) groups is 1. The number of amides is 3. The summed E-state index contributed by atoms with van der Waals surface area (Å²) >= 11 is 6.49. The summed E-state index contributed by atoms with van der Waals surface area (Å²) in [6.07, 6.45) is 5.81. The summed E-state index contributed by atoms with van der Waals surface area (Å²) in [4.78, 5) is 48.7. The SMILES string of the molecule is O=C(CCCN1C(=O)C(=CC=Cc2ccccc2)SC1=S)NNC(=O)c1ccc([N+](=O)[O-])cc1. The zero-order chi connectivity index (χ0) is 24.5. The molecule has 1 heterocycles. The van der Waals surface area contributed by atoms with Crippen molar-refractivity contribution in [1.29, 1.82) is 0 Å². The summed E-state index contributed by atoms with van der Waals surface area (Å²) < 4.78 is 0.427. The molecule has 1 saturated heterocycles. The van der Waals surface area contributed by atoms with Crippen LogP contribution in [0.3, 0.4) is 0 Å². The molecule has 2 N–H and O–H groups in total. The highest BCUT2D eigenvalue weighted by Crippen LogP contribution is 2.31. The van der Waals surface area contributed by atoms with Crippen LogP contribution in [-0.4, -0.2) is 38.4 Å². The molecule has 3 rings (SSSR count). The minimum Gasteiger partial charge on any atom is -0.293 e. The lowest BCUT2D eigenvalue weighted by Gasteiger charge is -2.14. The smallest absolute Gasteiger partial charge is 0.269 e. The Morgan fingerprint density at radius 3 is 2.47 bits per heavy atom. The quantitative estimate of drug-likeness (QED) is 0.248. The first-order chi connectivity index (χ1) is 16.3. The molecule has 2 aromatic rings. The molecule has 3 amide bonds. The summed E-state index contributed by atoms with van der Waals surface area (Å²) in [5, 5.41) is 10.7. The average molecular weight is 497 g/mol. The molecule has 0 spiro atoms. The lowest BCUT2D eigenvalue weighted by molar-refractivity contribution is -0.384. The molecule has 1 aliphatic heterocycles. The molecule has 0 aromatic heterocycles. The van der Waals surface area contributed by atoms with E-state index in [0.717, 1.165) is 5.56 Å². The lowest BCUT2D eigenvalue weighted by atomic mass is 10.2. The monoisotopic (exact) mass is 496 g/mol. The van der Waals surface area contributed by atoms with Crippen LogP contribution in [-0.2, 0) is 9.59 Å². The molecule has 0 aliphatic carbocycles. The van der Waals surface area contributed by atoms with E-state index in [1.165, 1.54) is 40.9 Å². The normalized spacial score (nSPS) is 14.6. The number of hydrogen-bond donors (Lipinski definition) is 2. The number of benzene rings is 2. The van der Waals surface area contributed by atoms with E-state index >= 15 is 0 Å². The number of hydrogen-bond acceptors (Lipinski definition) is 7. The molecular formula is C23H20N4O5S2. The standard InChI is InChI=1S/C23H20N4O5S2/c28-20(24-25-21(29)17-11-13-18(14-12-17)27(31)32)10-5-15-26-22(30)19(34-23(26)33)9-4-8-16-6-2-1-3-7-16/h1-4,6-9,11-14H,5,10,15H2,(H,24,28)(H,25,29). The van der Waals surface area contributed by atoms with Crippen LogP contribution in [0.15, 0.2) is 71.7 Å². The molecule has 0 unspecified atom stereocenters.